The van der Waals surface area contributed by atoms with Crippen LogP contribution in [0, 0.1) is 22.7 Å². The number of halogens is 2. The third kappa shape index (κ3) is 6.39. The van der Waals surface area contributed by atoms with Crippen molar-refractivity contribution in [2.75, 3.05) is 11.9 Å². The van der Waals surface area contributed by atoms with Gasteiger partial charge in [-0.3, -0.25) is 4.79 Å². The Bertz CT molecular complexity index is 1310. The minimum absolute atomic E-state index is 0.0990. The average molecular weight is 537 g/mol. The number of benzene rings is 3. The third-order valence-electron chi connectivity index (χ3n) is 4.62. The summed E-state index contributed by atoms with van der Waals surface area (Å²) in [6, 6.07) is 21.4. The summed E-state index contributed by atoms with van der Waals surface area (Å²) in [5, 5.41) is 21.8. The van der Waals surface area contributed by atoms with E-state index >= 15 is 0 Å². The van der Waals surface area contributed by atoms with Crippen molar-refractivity contribution in [2.45, 2.75) is 13.5 Å². The smallest absolute Gasteiger partial charge is 0.266 e. The maximum Gasteiger partial charge on any atom is 0.266 e. The number of nitrogens with zero attached hydrogens (tertiary/aromatic N) is 2. The molecule has 170 valence electrons. The van der Waals surface area contributed by atoms with Crippen molar-refractivity contribution in [2.24, 2.45) is 0 Å². The van der Waals surface area contributed by atoms with Crippen LogP contribution in [0.5, 0.6) is 11.5 Å². The molecular weight excluding hydrogens is 518 g/mol. The zero-order valence-electron chi connectivity index (χ0n) is 18.1. The highest BCUT2D eigenvalue weighted by atomic mass is 79.9. The van der Waals surface area contributed by atoms with Gasteiger partial charge in [0.05, 0.1) is 23.3 Å². The van der Waals surface area contributed by atoms with E-state index in [9.17, 15) is 15.3 Å². The highest BCUT2D eigenvalue weighted by molar-refractivity contribution is 9.10. The van der Waals surface area contributed by atoms with Gasteiger partial charge in [-0.1, -0.05) is 45.7 Å². The molecule has 0 aromatic heterocycles. The molecule has 0 unspecified atom stereocenters. The molecular formula is C26H19BrClN3O3. The van der Waals surface area contributed by atoms with Gasteiger partial charge in [-0.2, -0.15) is 10.5 Å². The van der Waals surface area contributed by atoms with E-state index in [1.165, 1.54) is 6.08 Å². The van der Waals surface area contributed by atoms with Gasteiger partial charge in [-0.25, -0.2) is 0 Å². The summed E-state index contributed by atoms with van der Waals surface area (Å²) in [5.41, 5.74) is 2.18. The van der Waals surface area contributed by atoms with Crippen molar-refractivity contribution in [3.05, 3.63) is 92.4 Å². The van der Waals surface area contributed by atoms with E-state index in [2.05, 4.69) is 27.3 Å². The minimum atomic E-state index is -0.549. The lowest BCUT2D eigenvalue weighted by Crippen LogP contribution is -2.13. The number of hydrogen-bond donors (Lipinski definition) is 1. The SMILES string of the molecule is CCOc1cc(/C=C(\C#N)C(=O)Nc2ccc(Br)cc2)cc(Cl)c1OCc1ccccc1C#N. The van der Waals surface area contributed by atoms with Gasteiger partial charge in [0.25, 0.3) is 5.91 Å². The summed E-state index contributed by atoms with van der Waals surface area (Å²) in [4.78, 5) is 12.6. The van der Waals surface area contributed by atoms with Crippen LogP contribution in [-0.4, -0.2) is 12.5 Å². The van der Waals surface area contributed by atoms with Crippen molar-refractivity contribution in [1.82, 2.24) is 0 Å². The first kappa shape index (κ1) is 24.9. The Morgan fingerprint density at radius 1 is 1.12 bits per heavy atom. The number of carbonyl (C=O) groups is 1. The second kappa shape index (κ2) is 11.9. The number of nitrogens with one attached hydrogen (secondary N) is 1. The van der Waals surface area contributed by atoms with Gasteiger partial charge in [0.15, 0.2) is 11.5 Å². The summed E-state index contributed by atoms with van der Waals surface area (Å²) < 4.78 is 12.5. The van der Waals surface area contributed by atoms with Crippen LogP contribution in [-0.2, 0) is 11.4 Å². The van der Waals surface area contributed by atoms with Crippen LogP contribution in [0.2, 0.25) is 5.02 Å². The number of amides is 1. The molecule has 8 heteroatoms. The molecule has 0 aliphatic heterocycles. The fourth-order valence-electron chi connectivity index (χ4n) is 3.03. The molecule has 3 rings (SSSR count). The van der Waals surface area contributed by atoms with E-state index in [0.717, 1.165) is 4.47 Å². The third-order valence-corrected chi connectivity index (χ3v) is 5.43. The van der Waals surface area contributed by atoms with Gasteiger partial charge in [0, 0.05) is 15.7 Å². The Morgan fingerprint density at radius 2 is 1.85 bits per heavy atom. The molecule has 0 heterocycles. The van der Waals surface area contributed by atoms with Crippen LogP contribution in [0.3, 0.4) is 0 Å². The summed E-state index contributed by atoms with van der Waals surface area (Å²) >= 11 is 9.81. The Balaban J connectivity index is 1.86. The molecule has 0 aliphatic rings. The highest BCUT2D eigenvalue weighted by Crippen LogP contribution is 2.38. The summed E-state index contributed by atoms with van der Waals surface area (Å²) in [5.74, 6) is 0.125. The molecule has 3 aromatic rings. The number of hydrogen-bond acceptors (Lipinski definition) is 5. The predicted octanol–water partition coefficient (Wildman–Crippen LogP) is 6.50. The molecule has 0 bridgehead atoms. The van der Waals surface area contributed by atoms with Gasteiger partial charge in [0.2, 0.25) is 0 Å². The van der Waals surface area contributed by atoms with Crippen molar-refractivity contribution < 1.29 is 14.3 Å². The molecule has 3 aromatic carbocycles. The molecule has 0 saturated heterocycles. The Labute approximate surface area is 211 Å². The number of carbonyl (C=O) groups excluding carboxylic acids is 1. The molecule has 0 spiro atoms. The Hall–Kier alpha value is -3.78. The molecule has 0 fully saturated rings. The zero-order valence-corrected chi connectivity index (χ0v) is 20.5. The van der Waals surface area contributed by atoms with Gasteiger partial charge in [-0.05, 0) is 61.0 Å². The van der Waals surface area contributed by atoms with E-state index < -0.39 is 5.91 Å². The fourth-order valence-corrected chi connectivity index (χ4v) is 3.56. The lowest BCUT2D eigenvalue weighted by Gasteiger charge is -2.15. The van der Waals surface area contributed by atoms with Crippen molar-refractivity contribution in [3.63, 3.8) is 0 Å². The lowest BCUT2D eigenvalue weighted by molar-refractivity contribution is -0.112. The highest BCUT2D eigenvalue weighted by Gasteiger charge is 2.15. The first-order chi connectivity index (χ1) is 16.4. The quantitative estimate of drug-likeness (QED) is 0.262. The monoisotopic (exact) mass is 535 g/mol. The maximum absolute atomic E-state index is 12.6. The molecule has 1 amide bonds. The van der Waals surface area contributed by atoms with E-state index in [-0.39, 0.29) is 17.2 Å². The number of nitriles is 2. The molecule has 0 aliphatic carbocycles. The zero-order chi connectivity index (χ0) is 24.5. The van der Waals surface area contributed by atoms with Gasteiger partial charge >= 0.3 is 0 Å². The van der Waals surface area contributed by atoms with E-state index in [4.69, 9.17) is 21.1 Å². The first-order valence-electron chi connectivity index (χ1n) is 10.2. The summed E-state index contributed by atoms with van der Waals surface area (Å²) in [6.45, 7) is 2.29. The standard InChI is InChI=1S/C26H19BrClN3O3/c1-2-33-24-13-17(11-20(15-30)26(32)31-22-9-7-21(27)8-10-22)12-23(28)25(24)34-16-19-6-4-3-5-18(19)14-29/h3-13H,2,16H2,1H3,(H,31,32)/b20-11+. The summed E-state index contributed by atoms with van der Waals surface area (Å²) in [6.07, 6.45) is 1.43. The number of anilines is 1. The van der Waals surface area contributed by atoms with Crippen LogP contribution < -0.4 is 14.8 Å². The van der Waals surface area contributed by atoms with Crippen LogP contribution in [0.15, 0.2) is 70.7 Å². The number of ether oxygens (including phenoxy) is 2. The predicted molar refractivity (Wildman–Crippen MR) is 134 cm³/mol. The second-order valence-electron chi connectivity index (χ2n) is 6.95. The maximum atomic E-state index is 12.6. The van der Waals surface area contributed by atoms with Crippen LogP contribution in [0.4, 0.5) is 5.69 Å². The van der Waals surface area contributed by atoms with E-state index in [0.29, 0.717) is 40.5 Å². The molecule has 34 heavy (non-hydrogen) atoms. The fraction of sp³-hybridized carbons (Fsp3) is 0.115. The minimum Gasteiger partial charge on any atom is -0.490 e. The van der Waals surface area contributed by atoms with Crippen molar-refractivity contribution in [1.29, 1.82) is 10.5 Å². The van der Waals surface area contributed by atoms with Crippen molar-refractivity contribution in [3.8, 4) is 23.6 Å². The molecule has 0 saturated carbocycles. The normalized spacial score (nSPS) is 10.7. The van der Waals surface area contributed by atoms with Gasteiger partial charge in [-0.15, -0.1) is 0 Å². The molecule has 6 nitrogen and oxygen atoms in total. The molecule has 1 N–H and O–H groups in total. The Kier molecular flexibility index (Phi) is 8.70. The van der Waals surface area contributed by atoms with Gasteiger partial charge in [0.1, 0.15) is 18.2 Å². The van der Waals surface area contributed by atoms with Crippen molar-refractivity contribution >= 4 is 45.2 Å². The largest absolute Gasteiger partial charge is 0.490 e. The van der Waals surface area contributed by atoms with Crippen LogP contribution in [0.1, 0.15) is 23.6 Å². The van der Waals surface area contributed by atoms with E-state index in [1.807, 2.05) is 19.1 Å². The molecule has 0 atom stereocenters. The molecule has 0 radical (unpaired) electrons. The Morgan fingerprint density at radius 3 is 2.53 bits per heavy atom. The van der Waals surface area contributed by atoms with E-state index in [1.54, 1.807) is 54.6 Å². The topological polar surface area (TPSA) is 95.1 Å². The average Bonchev–Trinajstić information content (AvgIpc) is 2.83. The lowest BCUT2D eigenvalue weighted by atomic mass is 10.1. The number of rotatable bonds is 8. The van der Waals surface area contributed by atoms with Gasteiger partial charge < -0.3 is 14.8 Å². The van der Waals surface area contributed by atoms with Crippen LogP contribution >= 0.6 is 27.5 Å². The summed E-state index contributed by atoms with van der Waals surface area (Å²) in [7, 11) is 0. The second-order valence-corrected chi connectivity index (χ2v) is 8.27. The first-order valence-corrected chi connectivity index (χ1v) is 11.4. The van der Waals surface area contributed by atoms with Crippen LogP contribution in [0.25, 0.3) is 6.08 Å².